The largest absolute Gasteiger partial charge is 0.394 e. The van der Waals surface area contributed by atoms with E-state index >= 15 is 0 Å². The van der Waals surface area contributed by atoms with Gasteiger partial charge in [-0.3, -0.25) is 0 Å². The van der Waals surface area contributed by atoms with E-state index in [1.807, 2.05) is 6.92 Å². The molecule has 19 heavy (non-hydrogen) atoms. The van der Waals surface area contributed by atoms with Crippen molar-refractivity contribution in [3.63, 3.8) is 0 Å². The fourth-order valence-electron chi connectivity index (χ4n) is 2.30. The number of rotatable bonds is 4. The van der Waals surface area contributed by atoms with Crippen LogP contribution in [0.3, 0.4) is 0 Å². The molecular formula is C13H22ClN5. The molecule has 6 heteroatoms. The van der Waals surface area contributed by atoms with Gasteiger partial charge in [0.15, 0.2) is 5.82 Å². The minimum Gasteiger partial charge on any atom is -0.394 e. The minimum absolute atomic E-state index is 0.237. The second-order valence-electron chi connectivity index (χ2n) is 5.29. The molecule has 0 unspecified atom stereocenters. The number of hydrogen-bond acceptors (Lipinski definition) is 5. The van der Waals surface area contributed by atoms with Gasteiger partial charge in [-0.15, -0.1) is 0 Å². The van der Waals surface area contributed by atoms with Crippen LogP contribution < -0.4 is 11.1 Å². The first kappa shape index (κ1) is 14.3. The topological polar surface area (TPSA) is 67.1 Å². The summed E-state index contributed by atoms with van der Waals surface area (Å²) >= 11 is 5.84. The van der Waals surface area contributed by atoms with Gasteiger partial charge in [-0.1, -0.05) is 6.92 Å². The normalized spacial score (nSPS) is 17.6. The van der Waals surface area contributed by atoms with Gasteiger partial charge in [0.2, 0.25) is 5.28 Å². The lowest BCUT2D eigenvalue weighted by molar-refractivity contribution is 0.199. The Morgan fingerprint density at radius 1 is 1.37 bits per heavy atom. The highest BCUT2D eigenvalue weighted by atomic mass is 35.5. The Morgan fingerprint density at radius 3 is 2.74 bits per heavy atom. The number of likely N-dealkylation sites (tertiary alicyclic amines) is 1. The lowest BCUT2D eigenvalue weighted by atomic mass is 9.99. The molecule has 1 saturated heterocycles. The number of nitrogen functional groups attached to an aromatic ring is 1. The molecule has 5 nitrogen and oxygen atoms in total. The van der Waals surface area contributed by atoms with Crippen molar-refractivity contribution in [2.75, 3.05) is 37.2 Å². The Morgan fingerprint density at radius 2 is 2.05 bits per heavy atom. The summed E-state index contributed by atoms with van der Waals surface area (Å²) in [6.07, 6.45) is 2.58. The first-order chi connectivity index (χ1) is 9.06. The van der Waals surface area contributed by atoms with Crippen LogP contribution >= 0.6 is 11.6 Å². The first-order valence-corrected chi connectivity index (χ1v) is 7.20. The molecule has 0 amide bonds. The number of aromatic nitrogens is 2. The van der Waals surface area contributed by atoms with Gasteiger partial charge in [0.25, 0.3) is 0 Å². The number of piperidine rings is 1. The summed E-state index contributed by atoms with van der Waals surface area (Å²) in [7, 11) is 0. The van der Waals surface area contributed by atoms with Gasteiger partial charge < -0.3 is 16.0 Å². The van der Waals surface area contributed by atoms with Gasteiger partial charge in [-0.2, -0.15) is 4.98 Å². The second-order valence-corrected chi connectivity index (χ2v) is 5.63. The Kier molecular flexibility index (Phi) is 4.82. The third kappa shape index (κ3) is 3.94. The molecule has 1 aliphatic heterocycles. The molecule has 106 valence electrons. The van der Waals surface area contributed by atoms with Gasteiger partial charge in [0, 0.05) is 13.1 Å². The van der Waals surface area contributed by atoms with E-state index in [1.165, 1.54) is 25.9 Å². The lowest BCUT2D eigenvalue weighted by Crippen LogP contribution is -2.36. The summed E-state index contributed by atoms with van der Waals surface area (Å²) < 4.78 is 0. The summed E-state index contributed by atoms with van der Waals surface area (Å²) in [6.45, 7) is 8.35. The minimum atomic E-state index is 0.237. The summed E-state index contributed by atoms with van der Waals surface area (Å²) in [6, 6.07) is 0. The summed E-state index contributed by atoms with van der Waals surface area (Å²) in [5, 5.41) is 3.49. The van der Waals surface area contributed by atoms with Crippen LogP contribution in [0.25, 0.3) is 0 Å². The van der Waals surface area contributed by atoms with Crippen LogP contribution in [0.2, 0.25) is 5.28 Å². The Bertz CT molecular complexity index is 429. The highest BCUT2D eigenvalue weighted by Crippen LogP contribution is 2.20. The van der Waals surface area contributed by atoms with Crippen LogP contribution in [0.5, 0.6) is 0 Å². The van der Waals surface area contributed by atoms with E-state index in [0.717, 1.165) is 19.0 Å². The molecule has 0 radical (unpaired) electrons. The molecule has 3 N–H and O–H groups in total. The number of hydrogen-bond donors (Lipinski definition) is 2. The second kappa shape index (κ2) is 6.39. The SMILES string of the molecule is Cc1nc(Cl)nc(NCCN2CCC(C)CC2)c1N. The van der Waals surface area contributed by atoms with Gasteiger partial charge in [0.1, 0.15) is 0 Å². The number of nitrogens with two attached hydrogens (primary N) is 1. The van der Waals surface area contributed by atoms with Crippen molar-refractivity contribution in [2.24, 2.45) is 5.92 Å². The van der Waals surface area contributed by atoms with Crippen LogP contribution in [0.15, 0.2) is 0 Å². The van der Waals surface area contributed by atoms with E-state index < -0.39 is 0 Å². The van der Waals surface area contributed by atoms with Crippen molar-refractivity contribution < 1.29 is 0 Å². The standard InChI is InChI=1S/C13H22ClN5/c1-9-3-6-19(7-4-9)8-5-16-12-11(15)10(2)17-13(14)18-12/h9H,3-8,15H2,1-2H3,(H,16,17,18). The average molecular weight is 284 g/mol. The van der Waals surface area contributed by atoms with Crippen molar-refractivity contribution in [1.29, 1.82) is 0 Å². The van der Waals surface area contributed by atoms with Gasteiger partial charge >= 0.3 is 0 Å². The van der Waals surface area contributed by atoms with E-state index in [0.29, 0.717) is 17.2 Å². The molecule has 0 aromatic carbocycles. The number of nitrogens with one attached hydrogen (secondary N) is 1. The number of anilines is 2. The van der Waals surface area contributed by atoms with Crippen molar-refractivity contribution in [2.45, 2.75) is 26.7 Å². The van der Waals surface area contributed by atoms with Gasteiger partial charge in [0.05, 0.1) is 11.4 Å². The molecule has 0 atom stereocenters. The average Bonchev–Trinajstić information content (AvgIpc) is 2.37. The fourth-order valence-corrected chi connectivity index (χ4v) is 2.51. The smallest absolute Gasteiger partial charge is 0.224 e. The molecule has 0 aliphatic carbocycles. The highest BCUT2D eigenvalue weighted by Gasteiger charge is 2.15. The van der Waals surface area contributed by atoms with Crippen molar-refractivity contribution >= 4 is 23.1 Å². The van der Waals surface area contributed by atoms with E-state index in [-0.39, 0.29) is 5.28 Å². The van der Waals surface area contributed by atoms with E-state index in [4.69, 9.17) is 17.3 Å². The first-order valence-electron chi connectivity index (χ1n) is 6.82. The monoisotopic (exact) mass is 283 g/mol. The maximum absolute atomic E-state index is 5.93. The Labute approximate surface area is 119 Å². The zero-order valence-corrected chi connectivity index (χ0v) is 12.4. The molecule has 1 aromatic heterocycles. The van der Waals surface area contributed by atoms with Gasteiger partial charge in [-0.25, -0.2) is 4.98 Å². The third-order valence-electron chi connectivity index (χ3n) is 3.71. The Hall–Kier alpha value is -1.07. The molecule has 1 fully saturated rings. The molecule has 2 heterocycles. The summed E-state index contributed by atoms with van der Waals surface area (Å²) in [5.41, 5.74) is 7.23. The predicted molar refractivity (Wildman–Crippen MR) is 79.5 cm³/mol. The molecule has 0 saturated carbocycles. The number of nitrogens with zero attached hydrogens (tertiary/aromatic N) is 3. The molecule has 2 rings (SSSR count). The maximum atomic E-state index is 5.93. The molecule has 1 aromatic rings. The lowest BCUT2D eigenvalue weighted by Gasteiger charge is -2.30. The molecule has 1 aliphatic rings. The van der Waals surface area contributed by atoms with E-state index in [9.17, 15) is 0 Å². The predicted octanol–water partition coefficient (Wildman–Crippen LogP) is 2.16. The van der Waals surface area contributed by atoms with Crippen molar-refractivity contribution in [1.82, 2.24) is 14.9 Å². The molecular weight excluding hydrogens is 262 g/mol. The zero-order chi connectivity index (χ0) is 13.8. The quantitative estimate of drug-likeness (QED) is 0.829. The van der Waals surface area contributed by atoms with E-state index in [1.54, 1.807) is 0 Å². The van der Waals surface area contributed by atoms with Crippen LogP contribution in [0.4, 0.5) is 11.5 Å². The Balaban J connectivity index is 1.83. The van der Waals surface area contributed by atoms with Crippen molar-refractivity contribution in [3.8, 4) is 0 Å². The van der Waals surface area contributed by atoms with Crippen LogP contribution in [0.1, 0.15) is 25.5 Å². The van der Waals surface area contributed by atoms with Gasteiger partial charge in [-0.05, 0) is 50.4 Å². The summed E-state index contributed by atoms with van der Waals surface area (Å²) in [5.74, 6) is 1.51. The number of halogens is 1. The van der Waals surface area contributed by atoms with Crippen LogP contribution in [0, 0.1) is 12.8 Å². The third-order valence-corrected chi connectivity index (χ3v) is 3.87. The van der Waals surface area contributed by atoms with Crippen LogP contribution in [-0.4, -0.2) is 41.0 Å². The molecule has 0 spiro atoms. The van der Waals surface area contributed by atoms with E-state index in [2.05, 4.69) is 27.1 Å². The molecule has 0 bridgehead atoms. The van der Waals surface area contributed by atoms with Crippen LogP contribution in [-0.2, 0) is 0 Å². The number of aryl methyl sites for hydroxylation is 1. The fraction of sp³-hybridized carbons (Fsp3) is 0.692. The summed E-state index contributed by atoms with van der Waals surface area (Å²) in [4.78, 5) is 10.6. The zero-order valence-electron chi connectivity index (χ0n) is 11.6. The highest BCUT2D eigenvalue weighted by molar-refractivity contribution is 6.28. The van der Waals surface area contributed by atoms with Crippen molar-refractivity contribution in [3.05, 3.63) is 11.0 Å². The maximum Gasteiger partial charge on any atom is 0.224 e.